The highest BCUT2D eigenvalue weighted by molar-refractivity contribution is 5.21. The molecular weight excluding hydrogens is 228 g/mol. The van der Waals surface area contributed by atoms with Crippen molar-refractivity contribution in [3.63, 3.8) is 0 Å². The molecular formula is C15H24O3. The summed E-state index contributed by atoms with van der Waals surface area (Å²) in [5.41, 5.74) is 1.11. The maximum Gasteiger partial charge on any atom is 0.120 e. The fourth-order valence-corrected chi connectivity index (χ4v) is 4.62. The summed E-state index contributed by atoms with van der Waals surface area (Å²) in [5, 5.41) is 10.6. The molecule has 1 saturated heterocycles. The van der Waals surface area contributed by atoms with Crippen LogP contribution in [-0.4, -0.2) is 23.4 Å². The lowest BCUT2D eigenvalue weighted by Gasteiger charge is -2.53. The molecule has 1 N–H and O–H groups in total. The third-order valence-electron chi connectivity index (χ3n) is 5.64. The molecule has 3 heteroatoms. The van der Waals surface area contributed by atoms with Gasteiger partial charge in [0.05, 0.1) is 6.10 Å². The van der Waals surface area contributed by atoms with E-state index in [1.165, 1.54) is 12.8 Å². The molecule has 0 amide bonds. The molecule has 2 bridgehead atoms. The van der Waals surface area contributed by atoms with Gasteiger partial charge in [0.2, 0.25) is 0 Å². The second-order valence-electron chi connectivity index (χ2n) is 7.25. The highest BCUT2D eigenvalue weighted by atomic mass is 17.2. The summed E-state index contributed by atoms with van der Waals surface area (Å²) < 4.78 is 0. The van der Waals surface area contributed by atoms with Crippen LogP contribution in [0.1, 0.15) is 46.5 Å². The number of aliphatic hydroxyl groups excluding tert-OH is 1. The molecule has 5 atom stereocenters. The minimum atomic E-state index is -0.322. The van der Waals surface area contributed by atoms with Gasteiger partial charge in [-0.15, -0.1) is 0 Å². The third kappa shape index (κ3) is 1.54. The Hall–Kier alpha value is -0.380. The Balaban J connectivity index is 2.08. The lowest BCUT2D eigenvalue weighted by molar-refractivity contribution is -0.334. The van der Waals surface area contributed by atoms with Crippen molar-refractivity contribution in [3.8, 4) is 0 Å². The van der Waals surface area contributed by atoms with Crippen molar-refractivity contribution >= 4 is 0 Å². The van der Waals surface area contributed by atoms with Gasteiger partial charge < -0.3 is 5.11 Å². The van der Waals surface area contributed by atoms with E-state index in [-0.39, 0.29) is 35.1 Å². The lowest BCUT2D eigenvalue weighted by atomic mass is 9.53. The first-order chi connectivity index (χ1) is 8.36. The summed E-state index contributed by atoms with van der Waals surface area (Å²) >= 11 is 0. The zero-order valence-electron chi connectivity index (χ0n) is 11.6. The molecule has 102 valence electrons. The standard InChI is InChI=1S/C15H24O3/c1-9-10-8-11(16)15(4)7-5-6-14(2,3)13(15)12(9)18-17-10/h10-13,16H,1,5-8H2,2-4H3. The van der Waals surface area contributed by atoms with E-state index >= 15 is 0 Å². The smallest absolute Gasteiger partial charge is 0.120 e. The molecule has 2 saturated carbocycles. The second-order valence-corrected chi connectivity index (χ2v) is 7.25. The zero-order valence-corrected chi connectivity index (χ0v) is 11.6. The van der Waals surface area contributed by atoms with Crippen LogP contribution in [0.25, 0.3) is 0 Å². The van der Waals surface area contributed by atoms with Gasteiger partial charge >= 0.3 is 0 Å². The molecule has 3 nitrogen and oxygen atoms in total. The van der Waals surface area contributed by atoms with E-state index in [1.807, 2.05) is 0 Å². The van der Waals surface area contributed by atoms with Crippen LogP contribution < -0.4 is 0 Å². The highest BCUT2D eigenvalue weighted by Crippen LogP contribution is 2.59. The van der Waals surface area contributed by atoms with Crippen molar-refractivity contribution in [3.05, 3.63) is 12.2 Å². The zero-order chi connectivity index (χ0) is 13.1. The van der Waals surface area contributed by atoms with Gasteiger partial charge in [0.1, 0.15) is 12.2 Å². The summed E-state index contributed by atoms with van der Waals surface area (Å²) in [7, 11) is 0. The Kier molecular flexibility index (Phi) is 2.68. The Morgan fingerprint density at radius 2 is 1.94 bits per heavy atom. The molecule has 1 aliphatic heterocycles. The Bertz CT molecular complexity index is 376. The maximum absolute atomic E-state index is 10.6. The van der Waals surface area contributed by atoms with Gasteiger partial charge in [-0.05, 0) is 29.2 Å². The van der Waals surface area contributed by atoms with Gasteiger partial charge in [0, 0.05) is 12.3 Å². The fraction of sp³-hybridized carbons (Fsp3) is 0.867. The molecule has 1 heterocycles. The maximum atomic E-state index is 10.6. The van der Waals surface area contributed by atoms with Crippen LogP contribution in [0.3, 0.4) is 0 Å². The minimum Gasteiger partial charge on any atom is -0.392 e. The summed E-state index contributed by atoms with van der Waals surface area (Å²) in [6.45, 7) is 11.0. The van der Waals surface area contributed by atoms with E-state index < -0.39 is 0 Å². The number of aliphatic hydroxyl groups is 1. The van der Waals surface area contributed by atoms with Crippen LogP contribution >= 0.6 is 0 Å². The monoisotopic (exact) mass is 252 g/mol. The minimum absolute atomic E-state index is 0.0487. The van der Waals surface area contributed by atoms with Gasteiger partial charge in [-0.25, -0.2) is 9.78 Å². The predicted molar refractivity (Wildman–Crippen MR) is 68.7 cm³/mol. The second kappa shape index (κ2) is 3.81. The number of hydrogen-bond acceptors (Lipinski definition) is 3. The predicted octanol–water partition coefficient (Wildman–Crippen LogP) is 2.84. The number of hydrogen-bond donors (Lipinski definition) is 1. The van der Waals surface area contributed by atoms with E-state index in [2.05, 4.69) is 27.4 Å². The molecule has 3 rings (SSSR count). The van der Waals surface area contributed by atoms with Crippen molar-refractivity contribution in [2.24, 2.45) is 16.7 Å². The van der Waals surface area contributed by atoms with Crippen LogP contribution in [0.15, 0.2) is 12.2 Å². The van der Waals surface area contributed by atoms with Crippen molar-refractivity contribution in [1.82, 2.24) is 0 Å². The van der Waals surface area contributed by atoms with E-state index in [0.717, 1.165) is 12.0 Å². The van der Waals surface area contributed by atoms with E-state index in [1.54, 1.807) is 0 Å². The van der Waals surface area contributed by atoms with Crippen LogP contribution in [0.2, 0.25) is 0 Å². The molecule has 3 aliphatic rings. The van der Waals surface area contributed by atoms with Crippen LogP contribution in [0.5, 0.6) is 0 Å². The van der Waals surface area contributed by atoms with E-state index in [0.29, 0.717) is 6.42 Å². The van der Waals surface area contributed by atoms with Gasteiger partial charge in [0.15, 0.2) is 0 Å². The molecule has 18 heavy (non-hydrogen) atoms. The van der Waals surface area contributed by atoms with Gasteiger partial charge in [-0.2, -0.15) is 0 Å². The molecule has 0 aromatic carbocycles. The first kappa shape index (κ1) is 12.6. The fourth-order valence-electron chi connectivity index (χ4n) is 4.62. The first-order valence-corrected chi connectivity index (χ1v) is 7.05. The lowest BCUT2D eigenvalue weighted by Crippen LogP contribution is -2.53. The quantitative estimate of drug-likeness (QED) is 0.532. The highest BCUT2D eigenvalue weighted by Gasteiger charge is 2.59. The number of fused-ring (bicyclic) bond motifs is 4. The number of rotatable bonds is 0. The molecule has 0 aromatic rings. The van der Waals surface area contributed by atoms with Gasteiger partial charge in [-0.3, -0.25) is 0 Å². The average molecular weight is 252 g/mol. The summed E-state index contributed by atoms with van der Waals surface area (Å²) in [4.78, 5) is 10.9. The largest absolute Gasteiger partial charge is 0.392 e. The van der Waals surface area contributed by atoms with Crippen molar-refractivity contribution in [1.29, 1.82) is 0 Å². The van der Waals surface area contributed by atoms with Crippen LogP contribution in [0, 0.1) is 16.7 Å². The van der Waals surface area contributed by atoms with E-state index in [9.17, 15) is 5.11 Å². The molecule has 2 aliphatic carbocycles. The van der Waals surface area contributed by atoms with Crippen LogP contribution in [0.4, 0.5) is 0 Å². The van der Waals surface area contributed by atoms with Crippen LogP contribution in [-0.2, 0) is 9.78 Å². The molecule has 0 radical (unpaired) electrons. The van der Waals surface area contributed by atoms with Crippen molar-refractivity contribution in [2.45, 2.75) is 64.8 Å². The first-order valence-electron chi connectivity index (χ1n) is 7.05. The molecule has 5 unspecified atom stereocenters. The van der Waals surface area contributed by atoms with Crippen molar-refractivity contribution < 1.29 is 14.9 Å². The van der Waals surface area contributed by atoms with Gasteiger partial charge in [0.25, 0.3) is 0 Å². The Morgan fingerprint density at radius 1 is 1.22 bits per heavy atom. The summed E-state index contributed by atoms with van der Waals surface area (Å²) in [6, 6.07) is 0. The van der Waals surface area contributed by atoms with E-state index in [4.69, 9.17) is 9.78 Å². The normalized spacial score (nSPS) is 50.8. The third-order valence-corrected chi connectivity index (χ3v) is 5.64. The van der Waals surface area contributed by atoms with Crippen molar-refractivity contribution in [2.75, 3.05) is 0 Å². The molecule has 0 spiro atoms. The molecule has 3 fully saturated rings. The topological polar surface area (TPSA) is 38.7 Å². The summed E-state index contributed by atoms with van der Waals surface area (Å²) in [6.07, 6.45) is 3.56. The SMILES string of the molecule is C=C1C2CC(O)C3(C)CCCC(C)(C)C3C1OO2. The van der Waals surface area contributed by atoms with Gasteiger partial charge in [-0.1, -0.05) is 33.8 Å². The summed E-state index contributed by atoms with van der Waals surface area (Å²) in [5.74, 6) is 0.286. The Labute approximate surface area is 109 Å². The Morgan fingerprint density at radius 3 is 2.67 bits per heavy atom. The molecule has 0 aromatic heterocycles. The average Bonchev–Trinajstić information content (AvgIpc) is 2.56.